The van der Waals surface area contributed by atoms with Gasteiger partial charge in [-0.25, -0.2) is 0 Å². The second kappa shape index (κ2) is 9.18. The summed E-state index contributed by atoms with van der Waals surface area (Å²) in [6, 6.07) is 16.6. The molecule has 0 saturated carbocycles. The lowest BCUT2D eigenvalue weighted by molar-refractivity contribution is -0.119. The van der Waals surface area contributed by atoms with Crippen LogP contribution in [0.3, 0.4) is 0 Å². The molecule has 2 nitrogen and oxygen atoms in total. The lowest BCUT2D eigenvalue weighted by Crippen LogP contribution is -2.27. The minimum Gasteiger partial charge on any atom is -0.350 e. The van der Waals surface area contributed by atoms with Gasteiger partial charge in [-0.2, -0.15) is 0 Å². The van der Waals surface area contributed by atoms with Crippen molar-refractivity contribution in [1.29, 1.82) is 0 Å². The van der Waals surface area contributed by atoms with Gasteiger partial charge < -0.3 is 5.32 Å². The summed E-state index contributed by atoms with van der Waals surface area (Å²) in [6.07, 6.45) is 0.881. The van der Waals surface area contributed by atoms with Crippen LogP contribution in [0.2, 0.25) is 0 Å². The molecule has 0 aliphatic heterocycles. The van der Waals surface area contributed by atoms with Gasteiger partial charge in [-0.1, -0.05) is 78.7 Å². The van der Waals surface area contributed by atoms with Gasteiger partial charge in [0.25, 0.3) is 0 Å². The van der Waals surface area contributed by atoms with Gasteiger partial charge in [0.2, 0.25) is 5.91 Å². The molecular formula is C18H18Br2INO. The van der Waals surface area contributed by atoms with E-state index in [1.807, 2.05) is 12.1 Å². The summed E-state index contributed by atoms with van der Waals surface area (Å²) >= 11 is 9.36. The second-order valence-electron chi connectivity index (χ2n) is 5.44. The van der Waals surface area contributed by atoms with Crippen LogP contribution in [0, 0.1) is 0 Å². The van der Waals surface area contributed by atoms with Crippen molar-refractivity contribution in [2.45, 2.75) is 25.3 Å². The van der Waals surface area contributed by atoms with Gasteiger partial charge >= 0.3 is 0 Å². The maximum absolute atomic E-state index is 11.6. The van der Waals surface area contributed by atoms with Crippen LogP contribution >= 0.6 is 54.5 Å². The topological polar surface area (TPSA) is 29.1 Å². The Morgan fingerprint density at radius 2 is 1.48 bits per heavy atom. The minimum absolute atomic E-state index is 0.000864. The van der Waals surface area contributed by atoms with E-state index in [0.717, 1.165) is 25.4 Å². The van der Waals surface area contributed by atoms with Gasteiger partial charge in [0.1, 0.15) is 0 Å². The molecule has 2 rings (SSSR count). The Kier molecular flexibility index (Phi) is 7.56. The molecule has 0 bridgehead atoms. The fourth-order valence-electron chi connectivity index (χ4n) is 2.53. The van der Waals surface area contributed by atoms with Crippen molar-refractivity contribution in [2.24, 2.45) is 0 Å². The summed E-state index contributed by atoms with van der Waals surface area (Å²) < 4.78 is 3.13. The maximum Gasteiger partial charge on any atom is 0.217 e. The third-order valence-electron chi connectivity index (χ3n) is 3.70. The van der Waals surface area contributed by atoms with Crippen LogP contribution in [0.25, 0.3) is 0 Å². The fourth-order valence-corrected chi connectivity index (χ4v) is 3.92. The van der Waals surface area contributed by atoms with E-state index in [2.05, 4.69) is 96.2 Å². The third-order valence-corrected chi connectivity index (χ3v) is 5.82. The summed E-state index contributed by atoms with van der Waals surface area (Å²) in [7, 11) is 0. The van der Waals surface area contributed by atoms with E-state index < -0.39 is 0 Å². The molecule has 0 aromatic heterocycles. The van der Waals surface area contributed by atoms with Crippen LogP contribution in [-0.2, 0) is 4.79 Å². The lowest BCUT2D eigenvalue weighted by atomic mass is 9.90. The Balaban J connectivity index is 2.22. The Hall–Kier alpha value is -0.400. The molecule has 2 aromatic carbocycles. The first-order valence-corrected chi connectivity index (χ1v) is 10.4. The lowest BCUT2D eigenvalue weighted by Gasteiger charge is -2.24. The molecule has 5 heteroatoms. The number of rotatable bonds is 6. The van der Waals surface area contributed by atoms with E-state index in [1.165, 1.54) is 5.56 Å². The molecule has 23 heavy (non-hydrogen) atoms. The monoisotopic (exact) mass is 549 g/mol. The normalized spacial score (nSPS) is 13.4. The van der Waals surface area contributed by atoms with E-state index in [4.69, 9.17) is 0 Å². The molecule has 0 spiro atoms. The molecule has 0 saturated heterocycles. The van der Waals surface area contributed by atoms with Crippen LogP contribution in [0.4, 0.5) is 0 Å². The number of carbonyl (C=O) groups is 1. The Bertz CT molecular complexity index is 643. The quantitative estimate of drug-likeness (QED) is 0.347. The Morgan fingerprint density at radius 1 is 1.00 bits per heavy atom. The molecule has 0 radical (unpaired) electrons. The summed E-state index contributed by atoms with van der Waals surface area (Å²) in [5.74, 6) is 0.394. The SMILES string of the molecule is CC(=O)NC(CC(CI)c1ccc(Br)cc1)c1ccc(Br)cc1. The van der Waals surface area contributed by atoms with Crippen molar-refractivity contribution < 1.29 is 4.79 Å². The van der Waals surface area contributed by atoms with Crippen molar-refractivity contribution in [3.8, 4) is 0 Å². The standard InChI is InChI=1S/C18H18Br2INO/c1-12(23)22-18(14-4-8-17(20)9-5-14)10-15(11-21)13-2-6-16(19)7-3-13/h2-9,15,18H,10-11H2,1H3,(H,22,23). The predicted molar refractivity (Wildman–Crippen MR) is 111 cm³/mol. The molecule has 0 aliphatic carbocycles. The average Bonchev–Trinajstić information content (AvgIpc) is 2.53. The molecule has 2 unspecified atom stereocenters. The number of halogens is 3. The van der Waals surface area contributed by atoms with Gasteiger partial charge in [0.05, 0.1) is 6.04 Å². The highest BCUT2D eigenvalue weighted by atomic mass is 127. The van der Waals surface area contributed by atoms with Gasteiger partial charge in [-0.05, 0) is 47.7 Å². The van der Waals surface area contributed by atoms with E-state index >= 15 is 0 Å². The molecule has 2 atom stereocenters. The highest BCUT2D eigenvalue weighted by Gasteiger charge is 2.20. The van der Waals surface area contributed by atoms with Crippen LogP contribution < -0.4 is 5.32 Å². The third kappa shape index (κ3) is 5.87. The Morgan fingerprint density at radius 3 is 1.91 bits per heavy atom. The molecule has 0 heterocycles. The first kappa shape index (κ1) is 18.9. The first-order valence-electron chi connectivity index (χ1n) is 7.33. The molecule has 1 amide bonds. The molecule has 122 valence electrons. The Labute approximate surface area is 167 Å². The van der Waals surface area contributed by atoms with Gasteiger partial charge in [0.15, 0.2) is 0 Å². The van der Waals surface area contributed by atoms with Crippen LogP contribution in [0.1, 0.15) is 36.4 Å². The van der Waals surface area contributed by atoms with Crippen LogP contribution in [0.5, 0.6) is 0 Å². The van der Waals surface area contributed by atoms with E-state index in [-0.39, 0.29) is 11.9 Å². The smallest absolute Gasteiger partial charge is 0.217 e. The van der Waals surface area contributed by atoms with Gasteiger partial charge in [-0.3, -0.25) is 4.79 Å². The van der Waals surface area contributed by atoms with Crippen LogP contribution in [0.15, 0.2) is 57.5 Å². The number of nitrogens with one attached hydrogen (secondary N) is 1. The van der Waals surface area contributed by atoms with Crippen molar-refractivity contribution >= 4 is 60.4 Å². The van der Waals surface area contributed by atoms with Crippen molar-refractivity contribution in [2.75, 3.05) is 4.43 Å². The predicted octanol–water partition coefficient (Wildman–Crippen LogP) is 6.00. The first-order chi connectivity index (χ1) is 11.0. The second-order valence-corrected chi connectivity index (χ2v) is 8.16. The van der Waals surface area contributed by atoms with Crippen molar-refractivity contribution in [1.82, 2.24) is 5.32 Å². The number of benzene rings is 2. The fraction of sp³-hybridized carbons (Fsp3) is 0.278. The van der Waals surface area contributed by atoms with Crippen LogP contribution in [-0.4, -0.2) is 10.3 Å². The molecule has 0 fully saturated rings. The minimum atomic E-state index is 0.000864. The van der Waals surface area contributed by atoms with E-state index in [0.29, 0.717) is 5.92 Å². The zero-order chi connectivity index (χ0) is 16.8. The largest absolute Gasteiger partial charge is 0.350 e. The average molecular weight is 551 g/mol. The summed E-state index contributed by atoms with van der Waals surface area (Å²) in [6.45, 7) is 1.57. The van der Waals surface area contributed by atoms with Gasteiger partial charge in [0, 0.05) is 20.3 Å². The molecule has 1 N–H and O–H groups in total. The number of amides is 1. The van der Waals surface area contributed by atoms with Crippen molar-refractivity contribution in [3.63, 3.8) is 0 Å². The van der Waals surface area contributed by atoms with E-state index in [9.17, 15) is 4.79 Å². The summed E-state index contributed by atoms with van der Waals surface area (Å²) in [5, 5.41) is 3.09. The number of hydrogen-bond donors (Lipinski definition) is 1. The molecule has 2 aromatic rings. The number of carbonyl (C=O) groups excluding carboxylic acids is 1. The molecular weight excluding hydrogens is 533 g/mol. The molecule has 0 aliphatic rings. The zero-order valence-electron chi connectivity index (χ0n) is 12.7. The number of hydrogen-bond acceptors (Lipinski definition) is 1. The van der Waals surface area contributed by atoms with E-state index in [1.54, 1.807) is 6.92 Å². The highest BCUT2D eigenvalue weighted by molar-refractivity contribution is 14.1. The maximum atomic E-state index is 11.6. The zero-order valence-corrected chi connectivity index (χ0v) is 18.1. The summed E-state index contributed by atoms with van der Waals surface area (Å²) in [4.78, 5) is 11.6. The van der Waals surface area contributed by atoms with Gasteiger partial charge in [-0.15, -0.1) is 0 Å². The highest BCUT2D eigenvalue weighted by Crippen LogP contribution is 2.31. The van der Waals surface area contributed by atoms with Crippen molar-refractivity contribution in [3.05, 3.63) is 68.6 Å². The number of alkyl halides is 1. The summed E-state index contributed by atoms with van der Waals surface area (Å²) in [5.41, 5.74) is 2.44.